The number of anilines is 1. The number of unbranched alkanes of at least 4 members (excludes halogenated alkanes) is 3. The molecule has 172 valence electrons. The van der Waals surface area contributed by atoms with E-state index < -0.39 is 7.12 Å². The summed E-state index contributed by atoms with van der Waals surface area (Å²) in [6.45, 7) is 0.806. The van der Waals surface area contributed by atoms with Crippen LogP contribution in [0.1, 0.15) is 48.0 Å². The summed E-state index contributed by atoms with van der Waals surface area (Å²) in [6.07, 6.45) is 3.80. The molecule has 2 rings (SSSR count). The number of hydrogen-bond acceptors (Lipinski definition) is 6. The predicted molar refractivity (Wildman–Crippen MR) is 125 cm³/mol. The lowest BCUT2D eigenvalue weighted by atomic mass is 9.80. The highest BCUT2D eigenvalue weighted by atomic mass is 16.6. The number of nitrogens with zero attached hydrogens (tertiary/aromatic N) is 1. The Labute approximate surface area is 189 Å². The van der Waals surface area contributed by atoms with Crippen molar-refractivity contribution in [3.63, 3.8) is 0 Å². The second kappa shape index (κ2) is 13.5. The zero-order valence-electron chi connectivity index (χ0n) is 18.7. The fourth-order valence-corrected chi connectivity index (χ4v) is 3.02. The van der Waals surface area contributed by atoms with Gasteiger partial charge in [-0.15, -0.1) is 0 Å². The summed E-state index contributed by atoms with van der Waals surface area (Å²) in [4.78, 5) is 31.1. The zero-order valence-corrected chi connectivity index (χ0v) is 18.7. The van der Waals surface area contributed by atoms with E-state index in [2.05, 4.69) is 10.8 Å². The Morgan fingerprint density at radius 2 is 1.59 bits per heavy atom. The van der Waals surface area contributed by atoms with Crippen molar-refractivity contribution in [2.75, 3.05) is 25.5 Å². The van der Waals surface area contributed by atoms with Crippen molar-refractivity contribution in [1.82, 2.24) is 10.8 Å². The summed E-state index contributed by atoms with van der Waals surface area (Å²) in [5.74, 6) is -0.254. The first-order valence-electron chi connectivity index (χ1n) is 10.8. The second-order valence-electron chi connectivity index (χ2n) is 7.79. The van der Waals surface area contributed by atoms with Crippen LogP contribution in [0.3, 0.4) is 0 Å². The molecule has 9 heteroatoms. The Hall–Kier alpha value is -2.88. The first-order chi connectivity index (χ1) is 15.4. The predicted octanol–water partition coefficient (Wildman–Crippen LogP) is 1.36. The van der Waals surface area contributed by atoms with Crippen LogP contribution in [0.4, 0.5) is 5.69 Å². The Morgan fingerprint density at radius 3 is 2.22 bits per heavy atom. The third kappa shape index (κ3) is 9.09. The normalized spacial score (nSPS) is 10.5. The van der Waals surface area contributed by atoms with E-state index in [1.807, 2.05) is 43.3 Å². The van der Waals surface area contributed by atoms with Gasteiger partial charge in [0, 0.05) is 38.3 Å². The van der Waals surface area contributed by atoms with Gasteiger partial charge in [-0.2, -0.15) is 0 Å². The standard InChI is InChI=1S/C23H32BN3O5/c1-27(2)21-14-10-19(11-15-21)23(29)25-16-6-4-3-5-7-22(28)26-32-17-18-8-12-20(13-9-18)24(30)31/h8-15,30-31H,3-7,16-17H2,1-2H3,(H,25,29)(H,26,28). The third-order valence-electron chi connectivity index (χ3n) is 4.96. The lowest BCUT2D eigenvalue weighted by molar-refractivity contribution is -0.134. The number of carbonyl (C=O) groups excluding carboxylic acids is 2. The summed E-state index contributed by atoms with van der Waals surface area (Å²) in [7, 11) is 2.41. The van der Waals surface area contributed by atoms with Gasteiger partial charge in [0.15, 0.2) is 0 Å². The molecule has 0 saturated heterocycles. The van der Waals surface area contributed by atoms with Crippen LogP contribution < -0.4 is 21.2 Å². The van der Waals surface area contributed by atoms with E-state index in [0.717, 1.165) is 36.9 Å². The van der Waals surface area contributed by atoms with Crippen LogP contribution in [0.2, 0.25) is 0 Å². The average Bonchev–Trinajstić information content (AvgIpc) is 2.78. The van der Waals surface area contributed by atoms with Gasteiger partial charge in [0.1, 0.15) is 0 Å². The molecular weight excluding hydrogens is 409 g/mol. The van der Waals surface area contributed by atoms with Crippen molar-refractivity contribution in [3.05, 3.63) is 59.7 Å². The van der Waals surface area contributed by atoms with Gasteiger partial charge in [-0.1, -0.05) is 37.1 Å². The van der Waals surface area contributed by atoms with Crippen molar-refractivity contribution >= 4 is 30.1 Å². The van der Waals surface area contributed by atoms with Crippen LogP contribution in [-0.4, -0.2) is 49.6 Å². The van der Waals surface area contributed by atoms with Gasteiger partial charge < -0.3 is 20.3 Å². The largest absolute Gasteiger partial charge is 0.488 e. The fraction of sp³-hybridized carbons (Fsp3) is 0.391. The molecule has 0 bridgehead atoms. The molecular formula is C23H32BN3O5. The molecule has 0 aliphatic carbocycles. The molecule has 0 aliphatic rings. The molecule has 0 radical (unpaired) electrons. The van der Waals surface area contributed by atoms with E-state index in [1.54, 1.807) is 24.3 Å². The molecule has 0 aromatic heterocycles. The summed E-state index contributed by atoms with van der Waals surface area (Å²) >= 11 is 0. The number of benzene rings is 2. The maximum atomic E-state index is 12.1. The zero-order chi connectivity index (χ0) is 23.3. The van der Waals surface area contributed by atoms with Crippen LogP contribution in [0, 0.1) is 0 Å². The van der Waals surface area contributed by atoms with Crippen molar-refractivity contribution < 1.29 is 24.5 Å². The maximum Gasteiger partial charge on any atom is 0.488 e. The van der Waals surface area contributed by atoms with Gasteiger partial charge in [0.05, 0.1) is 6.61 Å². The Bertz CT molecular complexity index is 842. The number of hydrogen-bond donors (Lipinski definition) is 4. The quantitative estimate of drug-likeness (QED) is 0.212. The van der Waals surface area contributed by atoms with Crippen molar-refractivity contribution in [2.45, 2.75) is 38.7 Å². The SMILES string of the molecule is CN(C)c1ccc(C(=O)NCCCCCCC(=O)NOCc2ccc(B(O)O)cc2)cc1. The summed E-state index contributed by atoms with van der Waals surface area (Å²) in [5.41, 5.74) is 5.32. The van der Waals surface area contributed by atoms with E-state index in [4.69, 9.17) is 14.9 Å². The smallest absolute Gasteiger partial charge is 0.423 e. The Balaban J connectivity index is 1.49. The van der Waals surface area contributed by atoms with Crippen LogP contribution in [-0.2, 0) is 16.2 Å². The second-order valence-corrected chi connectivity index (χ2v) is 7.79. The number of rotatable bonds is 13. The van der Waals surface area contributed by atoms with E-state index in [1.165, 1.54) is 0 Å². The van der Waals surface area contributed by atoms with Crippen LogP contribution in [0.25, 0.3) is 0 Å². The molecule has 32 heavy (non-hydrogen) atoms. The van der Waals surface area contributed by atoms with Crippen LogP contribution in [0.5, 0.6) is 0 Å². The van der Waals surface area contributed by atoms with Crippen molar-refractivity contribution in [1.29, 1.82) is 0 Å². The van der Waals surface area contributed by atoms with E-state index in [9.17, 15) is 9.59 Å². The molecule has 0 atom stereocenters. The topological polar surface area (TPSA) is 111 Å². The molecule has 0 fully saturated rings. The molecule has 0 unspecified atom stereocenters. The molecule has 2 aromatic rings. The Morgan fingerprint density at radius 1 is 0.938 bits per heavy atom. The molecule has 0 spiro atoms. The van der Waals surface area contributed by atoms with Gasteiger partial charge in [-0.05, 0) is 48.1 Å². The Kier molecular flexibility index (Phi) is 10.7. The number of hydroxylamine groups is 1. The number of nitrogens with one attached hydrogen (secondary N) is 2. The summed E-state index contributed by atoms with van der Waals surface area (Å²) in [5, 5.41) is 21.0. The fourth-order valence-electron chi connectivity index (χ4n) is 3.02. The highest BCUT2D eigenvalue weighted by Crippen LogP contribution is 2.12. The number of amides is 2. The van der Waals surface area contributed by atoms with E-state index in [-0.39, 0.29) is 18.4 Å². The van der Waals surface area contributed by atoms with E-state index in [0.29, 0.717) is 24.0 Å². The molecule has 4 N–H and O–H groups in total. The highest BCUT2D eigenvalue weighted by molar-refractivity contribution is 6.58. The first kappa shape index (κ1) is 25.4. The van der Waals surface area contributed by atoms with E-state index >= 15 is 0 Å². The van der Waals surface area contributed by atoms with Crippen molar-refractivity contribution in [2.24, 2.45) is 0 Å². The molecule has 0 heterocycles. The maximum absolute atomic E-state index is 12.1. The van der Waals surface area contributed by atoms with Crippen molar-refractivity contribution in [3.8, 4) is 0 Å². The summed E-state index contributed by atoms with van der Waals surface area (Å²) < 4.78 is 0. The monoisotopic (exact) mass is 441 g/mol. The van der Waals surface area contributed by atoms with Gasteiger partial charge in [-0.3, -0.25) is 14.4 Å². The average molecular weight is 441 g/mol. The van der Waals surface area contributed by atoms with Gasteiger partial charge in [-0.25, -0.2) is 5.48 Å². The highest BCUT2D eigenvalue weighted by Gasteiger charge is 2.10. The van der Waals surface area contributed by atoms with Gasteiger partial charge in [0.25, 0.3) is 5.91 Å². The minimum absolute atomic E-state index is 0.0750. The molecule has 0 aliphatic heterocycles. The summed E-state index contributed by atoms with van der Waals surface area (Å²) in [6, 6.07) is 14.1. The van der Waals surface area contributed by atoms with Crippen LogP contribution in [0.15, 0.2) is 48.5 Å². The minimum atomic E-state index is -1.50. The third-order valence-corrected chi connectivity index (χ3v) is 4.96. The first-order valence-corrected chi connectivity index (χ1v) is 10.8. The lowest BCUT2D eigenvalue weighted by Gasteiger charge is -2.12. The van der Waals surface area contributed by atoms with Crippen LogP contribution >= 0.6 is 0 Å². The lowest BCUT2D eigenvalue weighted by Crippen LogP contribution is -2.29. The number of carbonyl (C=O) groups is 2. The molecule has 8 nitrogen and oxygen atoms in total. The molecule has 2 aromatic carbocycles. The molecule has 0 saturated carbocycles. The minimum Gasteiger partial charge on any atom is -0.423 e. The van der Waals surface area contributed by atoms with Gasteiger partial charge >= 0.3 is 7.12 Å². The molecule has 2 amide bonds. The van der Waals surface area contributed by atoms with Gasteiger partial charge in [0.2, 0.25) is 5.91 Å².